The molecule has 1 saturated heterocycles. The molecule has 6 heteroatoms. The van der Waals surface area contributed by atoms with Gasteiger partial charge in [-0.05, 0) is 56.3 Å². The van der Waals surface area contributed by atoms with Crippen LogP contribution < -0.4 is 0 Å². The van der Waals surface area contributed by atoms with Crippen LogP contribution in [0.4, 0.5) is 0 Å². The van der Waals surface area contributed by atoms with Gasteiger partial charge >= 0.3 is 5.97 Å². The molecule has 1 heterocycles. The highest BCUT2D eigenvalue weighted by Gasteiger charge is 2.49. The van der Waals surface area contributed by atoms with Crippen LogP contribution in [-0.2, 0) is 14.8 Å². The van der Waals surface area contributed by atoms with Crippen LogP contribution in [0.25, 0.3) is 0 Å². The lowest BCUT2D eigenvalue weighted by molar-refractivity contribution is -0.140. The van der Waals surface area contributed by atoms with E-state index in [1.165, 1.54) is 4.31 Å². The average molecular weight is 287 g/mol. The number of aliphatic carboxylic acids is 1. The van der Waals surface area contributed by atoms with Gasteiger partial charge in [-0.1, -0.05) is 0 Å². The molecule has 3 aliphatic rings. The first-order valence-electron chi connectivity index (χ1n) is 7.14. The predicted molar refractivity (Wildman–Crippen MR) is 70.2 cm³/mol. The zero-order valence-corrected chi connectivity index (χ0v) is 11.9. The molecule has 3 rings (SSSR count). The van der Waals surface area contributed by atoms with Crippen LogP contribution in [0.3, 0.4) is 0 Å². The summed E-state index contributed by atoms with van der Waals surface area (Å²) in [6.07, 6.45) is 6.44. The van der Waals surface area contributed by atoms with Crippen molar-refractivity contribution in [2.24, 2.45) is 11.3 Å². The molecule has 0 unspecified atom stereocenters. The molecule has 1 aliphatic heterocycles. The van der Waals surface area contributed by atoms with Gasteiger partial charge in [0.25, 0.3) is 0 Å². The molecule has 0 aromatic carbocycles. The summed E-state index contributed by atoms with van der Waals surface area (Å²) in [4.78, 5) is 11.1. The number of fused-ring (bicyclic) bond motifs is 2. The van der Waals surface area contributed by atoms with Crippen molar-refractivity contribution >= 4 is 16.0 Å². The van der Waals surface area contributed by atoms with Crippen molar-refractivity contribution in [1.29, 1.82) is 0 Å². The second kappa shape index (κ2) is 4.45. The van der Waals surface area contributed by atoms with Crippen LogP contribution in [-0.4, -0.2) is 42.1 Å². The van der Waals surface area contributed by atoms with E-state index in [1.54, 1.807) is 0 Å². The van der Waals surface area contributed by atoms with E-state index in [0.717, 1.165) is 32.1 Å². The van der Waals surface area contributed by atoms with Crippen molar-refractivity contribution in [1.82, 2.24) is 4.31 Å². The predicted octanol–water partition coefficient (Wildman–Crippen LogP) is 1.45. The summed E-state index contributed by atoms with van der Waals surface area (Å²) >= 11 is 0. The summed E-state index contributed by atoms with van der Waals surface area (Å²) in [5.74, 6) is -0.126. The maximum atomic E-state index is 12.5. The number of sulfonamides is 1. The van der Waals surface area contributed by atoms with Crippen LogP contribution in [0.1, 0.15) is 44.9 Å². The summed E-state index contributed by atoms with van der Waals surface area (Å²) in [5.41, 5.74) is -0.0465. The molecule has 1 atom stereocenters. The molecule has 0 spiro atoms. The highest BCUT2D eigenvalue weighted by atomic mass is 32.2. The number of carboxylic acids is 1. The Labute approximate surface area is 114 Å². The van der Waals surface area contributed by atoms with Crippen LogP contribution in [0, 0.1) is 11.3 Å². The van der Waals surface area contributed by atoms with Gasteiger partial charge < -0.3 is 5.11 Å². The minimum absolute atomic E-state index is 0.0465. The average Bonchev–Trinajstić information content (AvgIpc) is 3.02. The highest BCUT2D eigenvalue weighted by molar-refractivity contribution is 7.89. The fourth-order valence-electron chi connectivity index (χ4n) is 4.30. The Morgan fingerprint density at radius 3 is 2.47 bits per heavy atom. The lowest BCUT2D eigenvalue weighted by Gasteiger charge is -2.30. The fraction of sp³-hybridized carbons (Fsp3) is 0.923. The molecule has 108 valence electrons. The molecule has 1 N–H and O–H groups in total. The molecule has 19 heavy (non-hydrogen) atoms. The quantitative estimate of drug-likeness (QED) is 0.849. The number of nitrogens with zero attached hydrogens (tertiary/aromatic N) is 1. The van der Waals surface area contributed by atoms with E-state index in [0.29, 0.717) is 25.3 Å². The van der Waals surface area contributed by atoms with Crippen molar-refractivity contribution in [2.45, 2.75) is 51.0 Å². The molecule has 0 amide bonds. The van der Waals surface area contributed by atoms with E-state index in [1.807, 2.05) is 0 Å². The zero-order valence-electron chi connectivity index (χ0n) is 11.0. The molecule has 0 aromatic rings. The van der Waals surface area contributed by atoms with E-state index in [2.05, 4.69) is 0 Å². The van der Waals surface area contributed by atoms with Crippen molar-refractivity contribution in [2.75, 3.05) is 12.3 Å². The Morgan fingerprint density at radius 2 is 1.95 bits per heavy atom. The first-order valence-corrected chi connectivity index (χ1v) is 8.75. The standard InChI is InChI=1S/C13H21NO4S/c15-12(16)11-2-1-7-14(11)19(17,18)9-13-5-3-10(8-13)4-6-13/h10-11H,1-9H2,(H,15,16)/t10?,11-,13?/m1/s1. The number of carboxylic acid groups (broad SMARTS) is 1. The maximum absolute atomic E-state index is 12.5. The van der Waals surface area contributed by atoms with E-state index in [4.69, 9.17) is 5.11 Å². The third kappa shape index (κ3) is 2.29. The van der Waals surface area contributed by atoms with Gasteiger partial charge in [-0.2, -0.15) is 4.31 Å². The van der Waals surface area contributed by atoms with Gasteiger partial charge in [-0.3, -0.25) is 4.79 Å². The summed E-state index contributed by atoms with van der Waals surface area (Å²) in [7, 11) is -3.43. The Balaban J connectivity index is 1.77. The van der Waals surface area contributed by atoms with Gasteiger partial charge in [0, 0.05) is 6.54 Å². The van der Waals surface area contributed by atoms with Crippen LogP contribution >= 0.6 is 0 Å². The van der Waals surface area contributed by atoms with Crippen molar-refractivity contribution in [3.63, 3.8) is 0 Å². The lowest BCUT2D eigenvalue weighted by atomic mass is 9.87. The van der Waals surface area contributed by atoms with Gasteiger partial charge in [-0.15, -0.1) is 0 Å². The lowest BCUT2D eigenvalue weighted by Crippen LogP contribution is -2.44. The van der Waals surface area contributed by atoms with Gasteiger partial charge in [0.15, 0.2) is 0 Å². The minimum Gasteiger partial charge on any atom is -0.480 e. The number of rotatable bonds is 4. The number of hydrogen-bond acceptors (Lipinski definition) is 3. The highest BCUT2D eigenvalue weighted by Crippen LogP contribution is 2.55. The molecule has 2 aliphatic carbocycles. The van der Waals surface area contributed by atoms with E-state index in [9.17, 15) is 13.2 Å². The Kier molecular flexibility index (Phi) is 3.13. The van der Waals surface area contributed by atoms with E-state index in [-0.39, 0.29) is 11.2 Å². The molecule has 0 aromatic heterocycles. The van der Waals surface area contributed by atoms with Gasteiger partial charge in [0.05, 0.1) is 5.75 Å². The molecule has 3 fully saturated rings. The topological polar surface area (TPSA) is 74.7 Å². The van der Waals surface area contributed by atoms with Crippen molar-refractivity contribution in [3.8, 4) is 0 Å². The third-order valence-electron chi connectivity index (χ3n) is 5.22. The second-order valence-electron chi connectivity index (χ2n) is 6.51. The summed E-state index contributed by atoms with van der Waals surface area (Å²) in [6.45, 7) is 0.374. The molecule has 0 radical (unpaired) electrons. The molecular weight excluding hydrogens is 266 g/mol. The Morgan fingerprint density at radius 1 is 1.26 bits per heavy atom. The number of hydrogen-bond donors (Lipinski definition) is 1. The van der Waals surface area contributed by atoms with E-state index >= 15 is 0 Å². The third-order valence-corrected chi connectivity index (χ3v) is 7.35. The summed E-state index contributed by atoms with van der Waals surface area (Å²) in [6, 6.07) is -0.833. The van der Waals surface area contributed by atoms with E-state index < -0.39 is 22.0 Å². The van der Waals surface area contributed by atoms with Gasteiger partial charge in [0.1, 0.15) is 6.04 Å². The molecule has 2 bridgehead atoms. The SMILES string of the molecule is O=C(O)[C@H]1CCCN1S(=O)(=O)CC12CCC(CC1)C2. The summed E-state index contributed by atoms with van der Waals surface area (Å²) in [5, 5.41) is 9.13. The number of carbonyl (C=O) groups is 1. The Bertz CT molecular complexity index is 479. The minimum atomic E-state index is -3.43. The van der Waals surface area contributed by atoms with Crippen LogP contribution in [0.5, 0.6) is 0 Å². The monoisotopic (exact) mass is 287 g/mol. The fourth-order valence-corrected chi connectivity index (χ4v) is 6.64. The van der Waals surface area contributed by atoms with Crippen molar-refractivity contribution in [3.05, 3.63) is 0 Å². The smallest absolute Gasteiger partial charge is 0.322 e. The second-order valence-corrected chi connectivity index (χ2v) is 8.43. The largest absolute Gasteiger partial charge is 0.480 e. The van der Waals surface area contributed by atoms with Crippen LogP contribution in [0.2, 0.25) is 0 Å². The normalized spacial score (nSPS) is 38.9. The zero-order chi connectivity index (χ0) is 13.7. The molecule has 5 nitrogen and oxygen atoms in total. The van der Waals surface area contributed by atoms with Gasteiger partial charge in [-0.25, -0.2) is 8.42 Å². The Hall–Kier alpha value is -0.620. The molecular formula is C13H21NO4S. The van der Waals surface area contributed by atoms with Gasteiger partial charge in [0.2, 0.25) is 10.0 Å². The summed E-state index contributed by atoms with van der Waals surface area (Å²) < 4.78 is 26.3. The first kappa shape index (κ1) is 13.4. The maximum Gasteiger partial charge on any atom is 0.322 e. The van der Waals surface area contributed by atoms with Crippen LogP contribution in [0.15, 0.2) is 0 Å². The van der Waals surface area contributed by atoms with Crippen molar-refractivity contribution < 1.29 is 18.3 Å². The molecule has 2 saturated carbocycles. The first-order chi connectivity index (χ1) is 8.92.